The van der Waals surface area contributed by atoms with E-state index in [0.29, 0.717) is 92.6 Å². The number of para-hydroxylation sites is 1. The molecule has 5 N–H and O–H groups in total. The number of primary sulfonamides is 1. The van der Waals surface area contributed by atoms with Crippen LogP contribution in [-0.4, -0.2) is 119 Å². The Balaban J connectivity index is 0.000000127. The van der Waals surface area contributed by atoms with Gasteiger partial charge in [0, 0.05) is 54.5 Å². The number of Topliss-reactive ketones (excluding diaryl/α,β-unsaturated/α-hetero) is 2. The fraction of sp³-hybridized carbons (Fsp3) is 0.270. The van der Waals surface area contributed by atoms with Gasteiger partial charge in [0.15, 0.2) is 69.0 Å². The number of nitrogens with two attached hydrogens (primary N) is 1. The van der Waals surface area contributed by atoms with Crippen LogP contribution in [0.4, 0.5) is 16.4 Å². The molecule has 0 bridgehead atoms. The van der Waals surface area contributed by atoms with Crippen LogP contribution in [0.3, 0.4) is 0 Å². The first kappa shape index (κ1) is 86.5. The molecule has 0 spiro atoms. The molecule has 8 heterocycles. The van der Waals surface area contributed by atoms with E-state index in [4.69, 9.17) is 76.7 Å². The molecule has 8 aliphatic rings. The number of anilines is 2. The molecular weight excluding hydrogens is 1670 g/mol. The highest BCUT2D eigenvalue weighted by atomic mass is 32.2. The van der Waals surface area contributed by atoms with Crippen LogP contribution < -0.4 is 77.9 Å². The van der Waals surface area contributed by atoms with Crippen molar-refractivity contribution in [1.29, 1.82) is 0 Å². The zero-order valence-corrected chi connectivity index (χ0v) is 72.8. The van der Waals surface area contributed by atoms with E-state index in [1.165, 1.54) is 12.1 Å². The summed E-state index contributed by atoms with van der Waals surface area (Å²) in [6, 6.07) is 70.5. The standard InChI is InChI=1S/C29H30N2O5.C25H23NO5.C24H22N2O5.C22H19N3O5S.H2/c1-28(2,3)36-27(33)30-17-19-7-9-20(10-8-19)23-6-4-5-22(31-23)16-26(32)29(13-14-29)21-11-12-24-25(15-21)35-18-34-24;1-28-20-8-6-16(12-22(20)29-2)19-5-3-4-18(26-19)14-24(27)25(10-11-25)17-7-9-21-23(13-17)31-15-30-21;1-28-19-7-3-5-16(22(19)29-2)17-6-4-8-21(25-17)26-23(27)24(11-12-24)15-9-10-18-20(13-15)31-14-30-18;23-31(27,28)16-7-4-14(5-8-16)17-2-1-3-20(24-17)25-21(26)22(10-11-22)15-6-9-18-19(12-15)30-13-29-18;/h4-12,15H,13-14,16-18H2,1-3H3,(H,30,33);3-9,12-13H,10-11,14-15H2,1-2H3;3-10,13H,11-12,14H2,1-2H3,(H,25,26,27);1-9,12H,10-11,13H2,(H2,23,27,28)(H,24,25,26);1H. The quantitative estimate of drug-likeness (QED) is 0.0413. The molecule has 0 saturated heterocycles. The maximum absolute atomic E-state index is 13.3. The highest BCUT2D eigenvalue weighted by Gasteiger charge is 2.55. The first-order chi connectivity index (χ1) is 62.3. The van der Waals surface area contributed by atoms with E-state index >= 15 is 0 Å². The topological polar surface area (TPSA) is 353 Å². The van der Waals surface area contributed by atoms with Crippen molar-refractivity contribution in [2.45, 2.75) is 124 Å². The fourth-order valence-corrected chi connectivity index (χ4v) is 16.7. The first-order valence-corrected chi connectivity index (χ1v) is 43.7. The van der Waals surface area contributed by atoms with Gasteiger partial charge in [0.2, 0.25) is 49.0 Å². The number of sulfonamides is 1. The number of fused-ring (bicyclic) bond motifs is 4. The lowest BCUT2D eigenvalue weighted by Gasteiger charge is -2.19. The van der Waals surface area contributed by atoms with Crippen molar-refractivity contribution in [2.75, 3.05) is 66.2 Å². The summed E-state index contributed by atoms with van der Waals surface area (Å²) in [5, 5.41) is 13.8. The van der Waals surface area contributed by atoms with Crippen LogP contribution in [0.5, 0.6) is 69.0 Å². The van der Waals surface area contributed by atoms with E-state index in [0.717, 1.165) is 130 Å². The zero-order chi connectivity index (χ0) is 89.8. The van der Waals surface area contributed by atoms with Crippen molar-refractivity contribution in [2.24, 2.45) is 5.14 Å². The third-order valence-corrected chi connectivity index (χ3v) is 24.8. The highest BCUT2D eigenvalue weighted by Crippen LogP contribution is 2.56. The number of ketones is 2. The minimum atomic E-state index is -3.76. The third kappa shape index (κ3) is 19.0. The van der Waals surface area contributed by atoms with Gasteiger partial charge in [0.25, 0.3) is 0 Å². The van der Waals surface area contributed by atoms with Crippen LogP contribution in [-0.2, 0) is 75.0 Å². The summed E-state index contributed by atoms with van der Waals surface area (Å²) < 4.78 is 93.2. The SMILES string of the molecule is CC(C)(C)OC(=O)NCc1ccc(-c2cccc(CC(=O)C3(c4ccc5c(c4)OCO5)CC3)n2)cc1.COc1ccc(-c2cccc(CC(=O)C3(c4ccc5c(c4)OCO5)CC3)n2)cc1OC.COc1cccc(-c2cccc(NC(=O)C3(c4ccc5c(c4)OCO5)CC3)n2)c1OC.NS(=O)(=O)c1ccc(-c2cccc(NC(=O)C3(c4ccc5c(c4)OCO5)CC3)n2)cc1.[HH]. The van der Waals surface area contributed by atoms with Crippen LogP contribution in [0.1, 0.15) is 113 Å². The van der Waals surface area contributed by atoms with Gasteiger partial charge in [0.05, 0.1) is 77.8 Å². The smallest absolute Gasteiger partial charge is 0.407 e. The molecule has 3 amide bonds. The average molecular weight is 1760 g/mol. The van der Waals surface area contributed by atoms with E-state index in [9.17, 15) is 32.4 Å². The summed E-state index contributed by atoms with van der Waals surface area (Å²) in [6.45, 7) is 6.71. The predicted octanol–water partition coefficient (Wildman–Crippen LogP) is 16.9. The van der Waals surface area contributed by atoms with E-state index in [2.05, 4.69) is 25.9 Å². The molecule has 8 aromatic carbocycles. The van der Waals surface area contributed by atoms with Gasteiger partial charge in [-0.25, -0.2) is 28.3 Å². The van der Waals surface area contributed by atoms with Crippen LogP contribution >= 0.6 is 0 Å². The van der Waals surface area contributed by atoms with Crippen LogP contribution in [0.25, 0.3) is 45.0 Å². The number of aromatic nitrogens is 4. The number of pyridine rings is 4. The number of alkyl carbamates (subject to hydrolysis) is 1. The largest absolute Gasteiger partial charge is 0.493 e. The van der Waals surface area contributed by atoms with Gasteiger partial charge in [-0.3, -0.25) is 29.1 Å². The molecule has 28 nitrogen and oxygen atoms in total. The second-order valence-corrected chi connectivity index (χ2v) is 34.8. The van der Waals surface area contributed by atoms with Crippen molar-refractivity contribution in [1.82, 2.24) is 25.3 Å². The summed E-state index contributed by atoms with van der Waals surface area (Å²) in [4.78, 5) is 83.5. The molecule has 0 atom stereocenters. The molecule has 29 heteroatoms. The van der Waals surface area contributed by atoms with Crippen molar-refractivity contribution < 1.29 is 95.4 Å². The Labute approximate surface area is 746 Å². The molecule has 4 aromatic heterocycles. The summed E-state index contributed by atoms with van der Waals surface area (Å²) in [7, 11) is 2.64. The number of benzene rings is 8. The monoisotopic (exact) mass is 1760 g/mol. The number of ether oxygens (including phenoxy) is 13. The van der Waals surface area contributed by atoms with Crippen molar-refractivity contribution in [3.8, 4) is 114 Å². The van der Waals surface area contributed by atoms with Gasteiger partial charge >= 0.3 is 6.09 Å². The van der Waals surface area contributed by atoms with Gasteiger partial charge in [-0.05, 0) is 239 Å². The summed E-state index contributed by atoms with van der Waals surface area (Å²) in [5.41, 5.74) is 9.90. The molecule has 4 saturated carbocycles. The number of amides is 3. The van der Waals surface area contributed by atoms with E-state index < -0.39 is 43.4 Å². The van der Waals surface area contributed by atoms with Gasteiger partial charge < -0.3 is 77.5 Å². The number of carbonyl (C=O) groups excluding carboxylic acids is 5. The average Bonchev–Trinajstić information content (AvgIpc) is 1.60. The Hall–Kier alpha value is -14.6. The number of hydrogen-bond acceptors (Lipinski definition) is 24. The molecule has 4 aliphatic heterocycles. The predicted molar refractivity (Wildman–Crippen MR) is 480 cm³/mol. The number of nitrogens with one attached hydrogen (secondary N) is 3. The molecular formula is C100H96N8O20S. The summed E-state index contributed by atoms with van der Waals surface area (Å²) in [6.07, 6.45) is 6.54. The number of nitrogens with zero attached hydrogens (tertiary/aromatic N) is 4. The first-order valence-electron chi connectivity index (χ1n) is 42.1. The van der Waals surface area contributed by atoms with Crippen LogP contribution in [0.15, 0.2) is 235 Å². The minimum Gasteiger partial charge on any atom is -0.493 e. The van der Waals surface area contributed by atoms with Crippen LogP contribution in [0.2, 0.25) is 0 Å². The second kappa shape index (κ2) is 36.0. The number of rotatable bonds is 25. The Bertz CT molecular complexity index is 6430. The van der Waals surface area contributed by atoms with Crippen molar-refractivity contribution >= 4 is 51.1 Å². The second-order valence-electron chi connectivity index (χ2n) is 33.3. The third-order valence-electron chi connectivity index (χ3n) is 23.8. The molecule has 20 rings (SSSR count). The highest BCUT2D eigenvalue weighted by molar-refractivity contribution is 7.89. The Morgan fingerprint density at radius 2 is 0.775 bits per heavy atom. The number of carbonyl (C=O) groups is 5. The van der Waals surface area contributed by atoms with E-state index in [1.54, 1.807) is 64.8 Å². The van der Waals surface area contributed by atoms with Gasteiger partial charge in [-0.15, -0.1) is 0 Å². The number of hydrogen-bond donors (Lipinski definition) is 4. The van der Waals surface area contributed by atoms with Crippen molar-refractivity contribution in [3.05, 3.63) is 270 Å². The molecule has 4 fully saturated rings. The van der Waals surface area contributed by atoms with Gasteiger partial charge in [-0.2, -0.15) is 0 Å². The van der Waals surface area contributed by atoms with E-state index in [1.807, 2.05) is 203 Å². The van der Waals surface area contributed by atoms with Gasteiger partial charge in [0.1, 0.15) is 28.8 Å². The maximum atomic E-state index is 13.3. The molecule has 4 aliphatic carbocycles. The summed E-state index contributed by atoms with van der Waals surface area (Å²) >= 11 is 0. The van der Waals surface area contributed by atoms with E-state index in [-0.39, 0.29) is 69.7 Å². The lowest BCUT2D eigenvalue weighted by molar-refractivity contribution is -0.121. The fourth-order valence-electron chi connectivity index (χ4n) is 16.1. The Morgan fingerprint density at radius 3 is 1.19 bits per heavy atom. The molecule has 129 heavy (non-hydrogen) atoms. The molecule has 12 aromatic rings. The lowest BCUT2D eigenvalue weighted by Crippen LogP contribution is -2.32. The van der Waals surface area contributed by atoms with Crippen LogP contribution in [0, 0.1) is 0 Å². The van der Waals surface area contributed by atoms with Gasteiger partial charge in [-0.1, -0.05) is 91.0 Å². The number of methoxy groups -OCH3 is 4. The minimum absolute atomic E-state index is 0. The lowest BCUT2D eigenvalue weighted by atomic mass is 9.88. The Morgan fingerprint density at radius 1 is 0.395 bits per heavy atom. The normalized spacial score (nSPS) is 15.5. The maximum Gasteiger partial charge on any atom is 0.407 e. The Kier molecular flexibility index (Phi) is 24.2. The van der Waals surface area contributed by atoms with Crippen molar-refractivity contribution in [3.63, 3.8) is 0 Å². The summed E-state index contributed by atoms with van der Waals surface area (Å²) in [5.74, 6) is 9.19. The zero-order valence-electron chi connectivity index (χ0n) is 72.0. The molecule has 0 radical (unpaired) electrons. The molecule has 662 valence electrons. The molecule has 0 unspecified atom stereocenters.